The number of benzene rings is 3. The molecule has 0 aliphatic carbocycles. The Morgan fingerprint density at radius 2 is 1.71 bits per heavy atom. The summed E-state index contributed by atoms with van der Waals surface area (Å²) >= 11 is 0. The molecule has 3 aromatic rings. The van der Waals surface area contributed by atoms with Crippen molar-refractivity contribution in [2.24, 2.45) is 11.3 Å². The highest BCUT2D eigenvalue weighted by Gasteiger charge is 2.47. The molecule has 17 heteroatoms. The van der Waals surface area contributed by atoms with E-state index in [9.17, 15) is 31.8 Å². The molecular weight excluding hydrogens is 755 g/mol. The van der Waals surface area contributed by atoms with Crippen molar-refractivity contribution in [2.75, 3.05) is 46.8 Å². The van der Waals surface area contributed by atoms with Crippen molar-refractivity contribution >= 4 is 26.1 Å². The zero-order valence-corrected chi connectivity index (χ0v) is 32.7. The Morgan fingerprint density at radius 3 is 2.42 bits per heavy atom. The molecule has 3 aliphatic rings. The minimum atomic E-state index is -4.34. The second-order valence-corrected chi connectivity index (χ2v) is 18.4. The van der Waals surface area contributed by atoms with E-state index in [1.807, 2.05) is 32.0 Å². The normalized spacial score (nSPS) is 20.6. The second kappa shape index (κ2) is 17.0. The van der Waals surface area contributed by atoms with Crippen LogP contribution in [0.15, 0.2) is 82.6 Å². The van der Waals surface area contributed by atoms with Crippen LogP contribution in [0, 0.1) is 11.3 Å². The van der Waals surface area contributed by atoms with Gasteiger partial charge in [-0.05, 0) is 73.1 Å². The number of hydrogen-bond donors (Lipinski definition) is 2. The lowest BCUT2D eigenvalue weighted by molar-refractivity contribution is -0.273. The zero-order chi connectivity index (χ0) is 39.4. The van der Waals surface area contributed by atoms with E-state index in [2.05, 4.69) is 4.72 Å². The maximum atomic E-state index is 14.5. The van der Waals surface area contributed by atoms with Gasteiger partial charge in [0.05, 0.1) is 48.3 Å². The molecule has 5 atom stereocenters. The molecule has 1 amide bonds. The number of ether oxygens (including phenoxy) is 5. The van der Waals surface area contributed by atoms with Gasteiger partial charge < -0.3 is 43.6 Å². The lowest BCUT2D eigenvalue weighted by atomic mass is 9.87. The predicted molar refractivity (Wildman–Crippen MR) is 197 cm³/mol. The van der Waals surface area contributed by atoms with Crippen LogP contribution in [0.25, 0.3) is 0 Å². The number of carboxylic acid groups (broad SMARTS) is 1. The molecule has 2 saturated heterocycles. The van der Waals surface area contributed by atoms with E-state index < -0.39 is 62.6 Å². The highest BCUT2D eigenvalue weighted by Crippen LogP contribution is 2.38. The lowest BCUT2D eigenvalue weighted by Gasteiger charge is -2.43. The second-order valence-electron chi connectivity index (χ2n) is 14.7. The summed E-state index contributed by atoms with van der Waals surface area (Å²) in [4.78, 5) is 14.1. The number of aliphatic hydroxyl groups excluding tert-OH is 1. The van der Waals surface area contributed by atoms with Crippen LogP contribution < -0.4 is 24.0 Å². The molecular formula is C38H48N3O12S2-. The summed E-state index contributed by atoms with van der Waals surface area (Å²) in [6.07, 6.45) is -2.22. The Kier molecular flexibility index (Phi) is 12.6. The first-order valence-corrected chi connectivity index (χ1v) is 21.1. The van der Waals surface area contributed by atoms with Crippen LogP contribution in [0.1, 0.15) is 38.7 Å². The maximum absolute atomic E-state index is 14.5. The summed E-state index contributed by atoms with van der Waals surface area (Å²) in [6.45, 7) is 3.60. The fraction of sp³-hybridized carbons (Fsp3) is 0.500. The molecule has 15 nitrogen and oxygen atoms in total. The Bertz CT molecular complexity index is 2000. The van der Waals surface area contributed by atoms with Gasteiger partial charge in [0.15, 0.2) is 17.8 Å². The molecule has 2 fully saturated rings. The number of aliphatic hydroxyl groups is 1. The zero-order valence-electron chi connectivity index (χ0n) is 31.0. The first-order valence-electron chi connectivity index (χ1n) is 18.2. The number of nitrogens with one attached hydrogen (secondary N) is 1. The van der Waals surface area contributed by atoms with Crippen molar-refractivity contribution in [2.45, 2.75) is 73.8 Å². The van der Waals surface area contributed by atoms with Crippen LogP contribution in [0.5, 0.6) is 17.2 Å². The van der Waals surface area contributed by atoms with Crippen molar-refractivity contribution in [1.82, 2.24) is 13.9 Å². The van der Waals surface area contributed by atoms with Crippen LogP contribution >= 0.6 is 0 Å². The Balaban J connectivity index is 1.25. The molecule has 0 unspecified atom stereocenters. The van der Waals surface area contributed by atoms with Crippen molar-refractivity contribution in [3.63, 3.8) is 0 Å². The van der Waals surface area contributed by atoms with Gasteiger partial charge >= 0.3 is 0 Å². The Labute approximate surface area is 322 Å². The number of sulfonamides is 2. The summed E-state index contributed by atoms with van der Waals surface area (Å²) in [5.74, 6) is 0.889. The largest absolute Gasteiger partial charge is 0.530 e. The standard InChI is InChI=1S/C38H49N3O12S2/c1-38(2,17-7-18-39-54(45,46)28-12-10-27(49-3)11-13-28)24-40(55(47,48)29-14-15-34-35(21-29)53-25-52-34)22-33(42)31(20-26-8-5-4-6-9-26)41(37(43)44)32-23-51-36-30(32)16-19-50-36/h4-6,8-15,21,30-33,36,39,42H,7,16-20,22-25H2,1-3H3,(H,43,44)/p-1/t30-,31-,32-,33+,36+/m0/s1. The Morgan fingerprint density at radius 1 is 1.00 bits per heavy atom. The average molecular weight is 803 g/mol. The van der Waals surface area contributed by atoms with Crippen LogP contribution in [0.3, 0.4) is 0 Å². The van der Waals surface area contributed by atoms with Crippen LogP contribution in [-0.4, -0.2) is 108 Å². The Hall–Kier alpha value is -3.97. The predicted octanol–water partition coefficient (Wildman–Crippen LogP) is 2.58. The molecule has 3 aromatic carbocycles. The topological polar surface area (TPSA) is 193 Å². The van der Waals surface area contributed by atoms with Crippen molar-refractivity contribution in [3.8, 4) is 17.2 Å². The molecule has 0 bridgehead atoms. The van der Waals surface area contributed by atoms with Gasteiger partial charge in [-0.2, -0.15) is 4.31 Å². The number of carbonyl (C=O) groups is 1. The number of nitrogens with zero attached hydrogens (tertiary/aromatic N) is 2. The van der Waals surface area contributed by atoms with E-state index in [0.29, 0.717) is 37.4 Å². The monoisotopic (exact) mass is 802 g/mol. The summed E-state index contributed by atoms with van der Waals surface area (Å²) < 4.78 is 86.1. The first-order chi connectivity index (χ1) is 26.2. The van der Waals surface area contributed by atoms with E-state index in [4.69, 9.17) is 23.7 Å². The maximum Gasteiger partial charge on any atom is 0.243 e. The van der Waals surface area contributed by atoms with Gasteiger partial charge in [-0.1, -0.05) is 44.2 Å². The molecule has 0 radical (unpaired) electrons. The number of methoxy groups -OCH3 is 1. The van der Waals surface area contributed by atoms with Gasteiger partial charge in [-0.25, -0.2) is 21.6 Å². The average Bonchev–Trinajstić information content (AvgIpc) is 3.92. The van der Waals surface area contributed by atoms with Gasteiger partial charge in [-0.15, -0.1) is 0 Å². The molecule has 0 spiro atoms. The number of carbonyl (C=O) groups excluding carboxylic acids is 1. The lowest BCUT2D eigenvalue weighted by Crippen LogP contribution is -2.61. The third kappa shape index (κ3) is 9.53. The van der Waals surface area contributed by atoms with Gasteiger partial charge in [-0.3, -0.25) is 0 Å². The van der Waals surface area contributed by atoms with Crippen LogP contribution in [0.2, 0.25) is 0 Å². The van der Waals surface area contributed by atoms with Gasteiger partial charge in [0.2, 0.25) is 26.8 Å². The van der Waals surface area contributed by atoms with Gasteiger partial charge in [0.1, 0.15) is 11.8 Å². The molecule has 3 aliphatic heterocycles. The smallest absolute Gasteiger partial charge is 0.243 e. The van der Waals surface area contributed by atoms with Gasteiger partial charge in [0, 0.05) is 31.6 Å². The number of hydrogen-bond acceptors (Lipinski definition) is 12. The molecule has 3 heterocycles. The quantitative estimate of drug-likeness (QED) is 0.179. The summed E-state index contributed by atoms with van der Waals surface area (Å²) in [7, 11) is -6.66. The van der Waals surface area contributed by atoms with E-state index in [0.717, 1.165) is 14.8 Å². The third-order valence-corrected chi connectivity index (χ3v) is 13.6. The van der Waals surface area contributed by atoms with Crippen molar-refractivity contribution < 1.29 is 55.5 Å². The molecule has 2 N–H and O–H groups in total. The van der Waals surface area contributed by atoms with Crippen LogP contribution in [-0.2, 0) is 35.9 Å². The summed E-state index contributed by atoms with van der Waals surface area (Å²) in [6, 6.07) is 17.5. The minimum Gasteiger partial charge on any atom is -0.530 e. The van der Waals surface area contributed by atoms with Crippen molar-refractivity contribution in [1.29, 1.82) is 0 Å². The first kappa shape index (κ1) is 40.7. The molecule has 0 saturated carbocycles. The van der Waals surface area contributed by atoms with Crippen LogP contribution in [0.4, 0.5) is 4.79 Å². The van der Waals surface area contributed by atoms with E-state index >= 15 is 0 Å². The molecule has 300 valence electrons. The van der Waals surface area contributed by atoms with E-state index in [1.54, 1.807) is 24.3 Å². The third-order valence-electron chi connectivity index (χ3n) is 10.3. The minimum absolute atomic E-state index is 0.0375. The molecule has 0 aromatic heterocycles. The van der Waals surface area contributed by atoms with Crippen molar-refractivity contribution in [3.05, 3.63) is 78.4 Å². The fourth-order valence-corrected chi connectivity index (χ4v) is 10.2. The fourth-order valence-electron chi connectivity index (χ4n) is 7.45. The SMILES string of the molecule is COc1ccc(S(=O)(=O)NCCCC(C)(C)CN(C[C@@H](O)[C@H](Cc2ccccc2)N(C(=O)[O-])[C@H]2CO[C@H]3OCC[C@H]32)S(=O)(=O)c2ccc3c(c2)OCO3)cc1. The molecule has 6 rings (SSSR count). The summed E-state index contributed by atoms with van der Waals surface area (Å²) in [5.41, 5.74) is -0.00993. The van der Waals surface area contributed by atoms with Gasteiger partial charge in [0.25, 0.3) is 0 Å². The van der Waals surface area contributed by atoms with E-state index in [1.165, 1.54) is 37.4 Å². The summed E-state index contributed by atoms with van der Waals surface area (Å²) in [5, 5.41) is 25.1. The molecule has 55 heavy (non-hydrogen) atoms. The van der Waals surface area contributed by atoms with E-state index in [-0.39, 0.29) is 54.4 Å². The number of amides is 1. The number of rotatable bonds is 18. The highest BCUT2D eigenvalue weighted by atomic mass is 32.2. The highest BCUT2D eigenvalue weighted by molar-refractivity contribution is 7.89. The number of fused-ring (bicyclic) bond motifs is 2.